The summed E-state index contributed by atoms with van der Waals surface area (Å²) in [6, 6.07) is 18.0. The van der Waals surface area contributed by atoms with E-state index in [1.165, 1.54) is 5.56 Å². The SMILES string of the molecule is O=C(NCCc1cccc(Cl)c1)c1cnc(NCCCc2ccccc2)nc1. The van der Waals surface area contributed by atoms with Crippen LogP contribution in [0.25, 0.3) is 0 Å². The van der Waals surface area contributed by atoms with Crippen molar-refractivity contribution in [1.82, 2.24) is 15.3 Å². The van der Waals surface area contributed by atoms with Gasteiger partial charge in [-0.25, -0.2) is 9.97 Å². The van der Waals surface area contributed by atoms with Crippen LogP contribution in [0.1, 0.15) is 27.9 Å². The van der Waals surface area contributed by atoms with Gasteiger partial charge in [0, 0.05) is 30.5 Å². The zero-order chi connectivity index (χ0) is 19.6. The molecule has 0 fully saturated rings. The van der Waals surface area contributed by atoms with Crippen molar-refractivity contribution < 1.29 is 4.79 Å². The Morgan fingerprint density at radius 2 is 1.64 bits per heavy atom. The number of aromatic nitrogens is 2. The molecule has 0 unspecified atom stereocenters. The Balaban J connectivity index is 1.38. The first-order valence-corrected chi connectivity index (χ1v) is 9.71. The third-order valence-electron chi connectivity index (χ3n) is 4.27. The molecular formula is C22H23ClN4O. The maximum absolute atomic E-state index is 12.2. The Morgan fingerprint density at radius 1 is 0.893 bits per heavy atom. The van der Waals surface area contributed by atoms with Gasteiger partial charge in [-0.1, -0.05) is 54.1 Å². The summed E-state index contributed by atoms with van der Waals surface area (Å²) in [5, 5.41) is 6.76. The molecule has 1 heterocycles. The molecule has 0 radical (unpaired) electrons. The van der Waals surface area contributed by atoms with Gasteiger partial charge in [0.25, 0.3) is 5.91 Å². The van der Waals surface area contributed by atoms with Crippen molar-refractivity contribution in [1.29, 1.82) is 0 Å². The molecule has 144 valence electrons. The average molecular weight is 395 g/mol. The highest BCUT2D eigenvalue weighted by atomic mass is 35.5. The van der Waals surface area contributed by atoms with Crippen LogP contribution in [-0.4, -0.2) is 29.0 Å². The van der Waals surface area contributed by atoms with Gasteiger partial charge in [0.1, 0.15) is 0 Å². The molecule has 1 aromatic heterocycles. The van der Waals surface area contributed by atoms with Crippen molar-refractivity contribution in [2.24, 2.45) is 0 Å². The van der Waals surface area contributed by atoms with Crippen molar-refractivity contribution in [2.45, 2.75) is 19.3 Å². The van der Waals surface area contributed by atoms with Crippen molar-refractivity contribution in [3.8, 4) is 0 Å². The van der Waals surface area contributed by atoms with Crippen LogP contribution in [0.15, 0.2) is 67.0 Å². The predicted octanol–water partition coefficient (Wildman–Crippen LogP) is 4.15. The van der Waals surface area contributed by atoms with Gasteiger partial charge in [-0.15, -0.1) is 0 Å². The predicted molar refractivity (Wildman–Crippen MR) is 113 cm³/mol. The maximum atomic E-state index is 12.2. The smallest absolute Gasteiger partial charge is 0.254 e. The molecule has 28 heavy (non-hydrogen) atoms. The Kier molecular flexibility index (Phi) is 7.38. The summed E-state index contributed by atoms with van der Waals surface area (Å²) in [5.74, 6) is 0.348. The van der Waals surface area contributed by atoms with Crippen LogP contribution >= 0.6 is 11.6 Å². The lowest BCUT2D eigenvalue weighted by Crippen LogP contribution is -2.26. The first-order valence-electron chi connectivity index (χ1n) is 9.33. The maximum Gasteiger partial charge on any atom is 0.254 e. The van der Waals surface area contributed by atoms with E-state index in [0.29, 0.717) is 29.5 Å². The lowest BCUT2D eigenvalue weighted by molar-refractivity contribution is 0.0953. The molecule has 2 N–H and O–H groups in total. The molecule has 3 aromatic rings. The molecule has 0 saturated carbocycles. The zero-order valence-corrected chi connectivity index (χ0v) is 16.3. The number of hydrogen-bond acceptors (Lipinski definition) is 4. The molecule has 3 rings (SSSR count). The first-order chi connectivity index (χ1) is 13.7. The molecule has 0 aliphatic heterocycles. The van der Waals surface area contributed by atoms with Gasteiger partial charge in [0.05, 0.1) is 5.56 Å². The summed E-state index contributed by atoms with van der Waals surface area (Å²) < 4.78 is 0. The summed E-state index contributed by atoms with van der Waals surface area (Å²) in [4.78, 5) is 20.6. The third kappa shape index (κ3) is 6.35. The van der Waals surface area contributed by atoms with E-state index >= 15 is 0 Å². The lowest BCUT2D eigenvalue weighted by atomic mass is 10.1. The van der Waals surface area contributed by atoms with Crippen molar-refractivity contribution in [3.05, 3.63) is 88.7 Å². The van der Waals surface area contributed by atoms with Gasteiger partial charge >= 0.3 is 0 Å². The van der Waals surface area contributed by atoms with E-state index in [1.54, 1.807) is 12.4 Å². The highest BCUT2D eigenvalue weighted by Gasteiger charge is 2.07. The number of carbonyl (C=O) groups excluding carboxylic acids is 1. The highest BCUT2D eigenvalue weighted by Crippen LogP contribution is 2.11. The minimum Gasteiger partial charge on any atom is -0.354 e. The van der Waals surface area contributed by atoms with Crippen LogP contribution in [0, 0.1) is 0 Å². The molecule has 5 nitrogen and oxygen atoms in total. The van der Waals surface area contributed by atoms with E-state index < -0.39 is 0 Å². The van der Waals surface area contributed by atoms with Gasteiger partial charge in [-0.05, 0) is 42.5 Å². The average Bonchev–Trinajstić information content (AvgIpc) is 2.72. The lowest BCUT2D eigenvalue weighted by Gasteiger charge is -2.07. The Bertz CT molecular complexity index is 885. The second kappa shape index (κ2) is 10.4. The standard InChI is InChI=1S/C22H23ClN4O/c23-20-10-4-8-18(14-20)11-13-24-21(28)19-15-26-22(27-16-19)25-12-5-9-17-6-2-1-3-7-17/h1-4,6-8,10,14-16H,5,9,11-13H2,(H,24,28)(H,25,26,27). The van der Waals surface area contributed by atoms with Crippen LogP contribution < -0.4 is 10.6 Å². The molecule has 0 aliphatic carbocycles. The largest absolute Gasteiger partial charge is 0.354 e. The van der Waals surface area contributed by atoms with E-state index in [-0.39, 0.29) is 5.91 Å². The second-order valence-corrected chi connectivity index (χ2v) is 6.88. The molecule has 1 amide bonds. The number of amides is 1. The van der Waals surface area contributed by atoms with Gasteiger partial charge in [-0.3, -0.25) is 4.79 Å². The van der Waals surface area contributed by atoms with E-state index in [1.807, 2.05) is 42.5 Å². The van der Waals surface area contributed by atoms with E-state index in [9.17, 15) is 4.79 Å². The normalized spacial score (nSPS) is 10.5. The number of nitrogens with zero attached hydrogens (tertiary/aromatic N) is 2. The van der Waals surface area contributed by atoms with Gasteiger partial charge in [0.15, 0.2) is 0 Å². The molecule has 0 saturated heterocycles. The molecule has 0 aliphatic rings. The van der Waals surface area contributed by atoms with Gasteiger partial charge in [0.2, 0.25) is 5.95 Å². The third-order valence-corrected chi connectivity index (χ3v) is 4.51. The summed E-state index contributed by atoms with van der Waals surface area (Å²) in [6.45, 7) is 1.30. The summed E-state index contributed by atoms with van der Waals surface area (Å²) in [5.41, 5.74) is 2.84. The molecule has 2 aromatic carbocycles. The first kappa shape index (κ1) is 19.8. The Morgan fingerprint density at radius 3 is 2.39 bits per heavy atom. The molecule has 0 bridgehead atoms. The number of halogens is 1. The fraction of sp³-hybridized carbons (Fsp3) is 0.227. The zero-order valence-electron chi connectivity index (χ0n) is 15.6. The number of benzene rings is 2. The van der Waals surface area contributed by atoms with Crippen molar-refractivity contribution in [3.63, 3.8) is 0 Å². The van der Waals surface area contributed by atoms with Crippen LogP contribution in [-0.2, 0) is 12.8 Å². The number of hydrogen-bond donors (Lipinski definition) is 2. The second-order valence-electron chi connectivity index (χ2n) is 6.45. The van der Waals surface area contributed by atoms with E-state index in [2.05, 4.69) is 32.7 Å². The molecule has 6 heteroatoms. The van der Waals surface area contributed by atoms with Crippen LogP contribution in [0.5, 0.6) is 0 Å². The van der Waals surface area contributed by atoms with E-state index in [0.717, 1.165) is 24.9 Å². The highest BCUT2D eigenvalue weighted by molar-refractivity contribution is 6.30. The van der Waals surface area contributed by atoms with Gasteiger partial charge in [-0.2, -0.15) is 0 Å². The monoisotopic (exact) mass is 394 g/mol. The van der Waals surface area contributed by atoms with Crippen LogP contribution in [0.4, 0.5) is 5.95 Å². The minimum absolute atomic E-state index is 0.183. The number of aryl methyl sites for hydroxylation is 1. The Hall–Kier alpha value is -2.92. The fourth-order valence-corrected chi connectivity index (χ4v) is 3.00. The molecule has 0 spiro atoms. The molecule has 0 atom stereocenters. The fourth-order valence-electron chi connectivity index (χ4n) is 2.79. The number of anilines is 1. The van der Waals surface area contributed by atoms with Crippen molar-refractivity contribution in [2.75, 3.05) is 18.4 Å². The van der Waals surface area contributed by atoms with Crippen LogP contribution in [0.2, 0.25) is 5.02 Å². The topological polar surface area (TPSA) is 66.9 Å². The Labute approximate surface area is 170 Å². The summed E-state index contributed by atoms with van der Waals surface area (Å²) in [7, 11) is 0. The number of nitrogens with one attached hydrogen (secondary N) is 2. The van der Waals surface area contributed by atoms with Crippen molar-refractivity contribution >= 4 is 23.5 Å². The molecular weight excluding hydrogens is 372 g/mol. The number of carbonyl (C=O) groups is 1. The quantitative estimate of drug-likeness (QED) is 0.535. The van der Waals surface area contributed by atoms with Gasteiger partial charge < -0.3 is 10.6 Å². The number of rotatable bonds is 9. The minimum atomic E-state index is -0.183. The summed E-state index contributed by atoms with van der Waals surface area (Å²) >= 11 is 5.96. The summed E-state index contributed by atoms with van der Waals surface area (Å²) in [6.07, 6.45) is 5.79. The van der Waals surface area contributed by atoms with E-state index in [4.69, 9.17) is 11.6 Å². The van der Waals surface area contributed by atoms with Crippen LogP contribution in [0.3, 0.4) is 0 Å².